The normalized spacial score (nSPS) is 15.3. The number of carbonyl (C=O) groups is 2. The quantitative estimate of drug-likeness (QED) is 0.811. The Morgan fingerprint density at radius 2 is 2.14 bits per heavy atom. The molecule has 0 unspecified atom stereocenters. The van der Waals surface area contributed by atoms with Crippen molar-refractivity contribution in [2.24, 2.45) is 10.9 Å². The summed E-state index contributed by atoms with van der Waals surface area (Å²) in [5.74, 6) is -2.54. The van der Waals surface area contributed by atoms with Crippen molar-refractivity contribution in [3.8, 4) is 0 Å². The molecule has 1 aliphatic carbocycles. The van der Waals surface area contributed by atoms with E-state index < -0.39 is 17.6 Å². The lowest BCUT2D eigenvalue weighted by atomic mass is 10.3. The molecule has 0 bridgehead atoms. The molecule has 1 fully saturated rings. The lowest BCUT2D eigenvalue weighted by molar-refractivity contribution is -0.141. The van der Waals surface area contributed by atoms with Crippen LogP contribution in [0.3, 0.4) is 0 Å². The van der Waals surface area contributed by atoms with Crippen molar-refractivity contribution < 1.29 is 23.1 Å². The fourth-order valence-corrected chi connectivity index (χ4v) is 3.14. The molecule has 1 aromatic carbocycles. The highest BCUT2D eigenvalue weighted by Gasteiger charge is 2.29. The highest BCUT2D eigenvalue weighted by atomic mass is 32.1. The van der Waals surface area contributed by atoms with Gasteiger partial charge in [0.05, 0.1) is 17.3 Å². The van der Waals surface area contributed by atoms with Gasteiger partial charge in [-0.2, -0.15) is 4.99 Å². The first kappa shape index (κ1) is 14.8. The molecule has 5 nitrogen and oxygen atoms in total. The number of benzene rings is 1. The standard InChI is InChI=1S/C14H12F2N2O3S/c1-21-11(19)6-18-12-9(16)4-8(15)5-10(12)22-14(18)17-13(20)7-2-3-7/h4-5,7H,2-3,6H2,1H3. The number of carbonyl (C=O) groups excluding carboxylic acids is 2. The van der Waals surface area contributed by atoms with E-state index in [0.29, 0.717) is 0 Å². The maximum atomic E-state index is 14.1. The van der Waals surface area contributed by atoms with Gasteiger partial charge in [-0.05, 0) is 18.9 Å². The molecule has 2 aromatic rings. The molecule has 0 N–H and O–H groups in total. The minimum Gasteiger partial charge on any atom is -0.468 e. The Morgan fingerprint density at radius 1 is 1.41 bits per heavy atom. The number of aromatic nitrogens is 1. The average Bonchev–Trinajstić information content (AvgIpc) is 3.24. The van der Waals surface area contributed by atoms with E-state index in [2.05, 4.69) is 9.73 Å². The topological polar surface area (TPSA) is 60.7 Å². The lowest BCUT2D eigenvalue weighted by Gasteiger charge is -2.04. The van der Waals surface area contributed by atoms with E-state index in [1.165, 1.54) is 11.7 Å². The zero-order chi connectivity index (χ0) is 15.9. The van der Waals surface area contributed by atoms with Gasteiger partial charge in [0.15, 0.2) is 10.6 Å². The van der Waals surface area contributed by atoms with Crippen LogP contribution in [0, 0.1) is 17.6 Å². The SMILES string of the molecule is COC(=O)Cn1c(=NC(=O)C2CC2)sc2cc(F)cc(F)c21. The third kappa shape index (κ3) is 2.78. The van der Waals surface area contributed by atoms with E-state index >= 15 is 0 Å². The van der Waals surface area contributed by atoms with Crippen LogP contribution < -0.4 is 4.80 Å². The van der Waals surface area contributed by atoms with Crippen molar-refractivity contribution in [2.45, 2.75) is 19.4 Å². The van der Waals surface area contributed by atoms with Gasteiger partial charge in [0.1, 0.15) is 12.4 Å². The van der Waals surface area contributed by atoms with Crippen molar-refractivity contribution >= 4 is 33.4 Å². The van der Waals surface area contributed by atoms with E-state index in [1.807, 2.05) is 0 Å². The number of nitrogens with zero attached hydrogens (tertiary/aromatic N) is 2. The summed E-state index contributed by atoms with van der Waals surface area (Å²) in [4.78, 5) is 27.5. The molecular formula is C14H12F2N2O3S. The second-order valence-electron chi connectivity index (χ2n) is 5.01. The molecule has 116 valence electrons. The highest BCUT2D eigenvalue weighted by molar-refractivity contribution is 7.16. The van der Waals surface area contributed by atoms with Crippen LogP contribution in [0.25, 0.3) is 10.2 Å². The summed E-state index contributed by atoms with van der Waals surface area (Å²) in [7, 11) is 1.21. The number of hydrogen-bond donors (Lipinski definition) is 0. The molecule has 0 aliphatic heterocycles. The summed E-state index contributed by atoms with van der Waals surface area (Å²) >= 11 is 0.966. The summed E-state index contributed by atoms with van der Waals surface area (Å²) in [6.07, 6.45) is 1.57. The van der Waals surface area contributed by atoms with Gasteiger partial charge in [-0.25, -0.2) is 8.78 Å². The maximum Gasteiger partial charge on any atom is 0.325 e. The van der Waals surface area contributed by atoms with Crippen molar-refractivity contribution in [1.29, 1.82) is 0 Å². The van der Waals surface area contributed by atoms with Crippen LogP contribution in [0.1, 0.15) is 12.8 Å². The highest BCUT2D eigenvalue weighted by Crippen LogP contribution is 2.30. The number of ether oxygens (including phenoxy) is 1. The van der Waals surface area contributed by atoms with Gasteiger partial charge in [0.25, 0.3) is 5.91 Å². The fraction of sp³-hybridized carbons (Fsp3) is 0.357. The molecule has 22 heavy (non-hydrogen) atoms. The van der Waals surface area contributed by atoms with Gasteiger partial charge in [-0.3, -0.25) is 9.59 Å². The largest absolute Gasteiger partial charge is 0.468 e. The van der Waals surface area contributed by atoms with Crippen LogP contribution in [0.4, 0.5) is 8.78 Å². The van der Waals surface area contributed by atoms with Gasteiger partial charge < -0.3 is 9.30 Å². The Balaban J connectivity index is 2.20. The molecule has 1 saturated carbocycles. The Labute approximate surface area is 127 Å². The average molecular weight is 326 g/mol. The van der Waals surface area contributed by atoms with Crippen molar-refractivity contribution in [3.05, 3.63) is 28.6 Å². The Kier molecular flexibility index (Phi) is 3.78. The first-order chi connectivity index (χ1) is 10.5. The number of rotatable bonds is 3. The molecule has 1 aliphatic rings. The smallest absolute Gasteiger partial charge is 0.325 e. The van der Waals surface area contributed by atoms with E-state index in [9.17, 15) is 18.4 Å². The number of amides is 1. The number of thiazole rings is 1. The first-order valence-corrected chi connectivity index (χ1v) is 7.45. The molecule has 1 aromatic heterocycles. The molecule has 1 amide bonds. The van der Waals surface area contributed by atoms with E-state index in [-0.39, 0.29) is 33.4 Å². The molecule has 8 heteroatoms. The summed E-state index contributed by atoms with van der Waals surface area (Å²) in [6, 6.07) is 1.88. The summed E-state index contributed by atoms with van der Waals surface area (Å²) in [5, 5.41) is 0. The van der Waals surface area contributed by atoms with Crippen LogP contribution in [0.15, 0.2) is 17.1 Å². The number of esters is 1. The van der Waals surface area contributed by atoms with E-state index in [1.54, 1.807) is 0 Å². The summed E-state index contributed by atoms with van der Waals surface area (Å²) < 4.78 is 33.5. The summed E-state index contributed by atoms with van der Waals surface area (Å²) in [5.41, 5.74) is 0.0409. The maximum absolute atomic E-state index is 14.1. The zero-order valence-electron chi connectivity index (χ0n) is 11.6. The third-order valence-corrected chi connectivity index (χ3v) is 4.37. The predicted octanol–water partition coefficient (Wildman–Crippen LogP) is 1.99. The minimum atomic E-state index is -0.810. The van der Waals surface area contributed by atoms with Crippen LogP contribution in [0.5, 0.6) is 0 Å². The van der Waals surface area contributed by atoms with Crippen LogP contribution in [-0.4, -0.2) is 23.6 Å². The molecular weight excluding hydrogens is 314 g/mol. The molecule has 3 rings (SSSR count). The monoisotopic (exact) mass is 326 g/mol. The number of hydrogen-bond acceptors (Lipinski definition) is 4. The zero-order valence-corrected chi connectivity index (χ0v) is 12.5. The van der Waals surface area contributed by atoms with Crippen LogP contribution >= 0.6 is 11.3 Å². The number of methoxy groups -OCH3 is 1. The van der Waals surface area contributed by atoms with Gasteiger partial charge in [0.2, 0.25) is 0 Å². The molecule has 0 atom stereocenters. The second-order valence-corrected chi connectivity index (χ2v) is 6.01. The molecule has 0 spiro atoms. The third-order valence-electron chi connectivity index (χ3n) is 3.34. The molecule has 0 radical (unpaired) electrons. The van der Waals surface area contributed by atoms with E-state index in [0.717, 1.165) is 36.3 Å². The van der Waals surface area contributed by atoms with Crippen molar-refractivity contribution in [2.75, 3.05) is 7.11 Å². The van der Waals surface area contributed by atoms with Gasteiger partial charge in [0, 0.05) is 12.0 Å². The minimum absolute atomic E-state index is 0.0409. The van der Waals surface area contributed by atoms with Gasteiger partial charge >= 0.3 is 5.97 Å². The number of halogens is 2. The Bertz CT molecular complexity index is 836. The first-order valence-electron chi connectivity index (χ1n) is 6.63. The molecule has 0 saturated heterocycles. The molecule has 1 heterocycles. The van der Waals surface area contributed by atoms with Crippen LogP contribution in [-0.2, 0) is 20.9 Å². The summed E-state index contributed by atoms with van der Waals surface area (Å²) in [6.45, 7) is -0.296. The fourth-order valence-electron chi connectivity index (χ4n) is 2.07. The van der Waals surface area contributed by atoms with Gasteiger partial charge in [-0.1, -0.05) is 11.3 Å². The van der Waals surface area contributed by atoms with E-state index in [4.69, 9.17) is 0 Å². The van der Waals surface area contributed by atoms with Gasteiger partial charge in [-0.15, -0.1) is 0 Å². The van der Waals surface area contributed by atoms with Crippen LogP contribution in [0.2, 0.25) is 0 Å². The van der Waals surface area contributed by atoms with Crippen molar-refractivity contribution in [3.63, 3.8) is 0 Å². The number of fused-ring (bicyclic) bond motifs is 1. The Hall–Kier alpha value is -2.09. The Morgan fingerprint density at radius 3 is 2.77 bits per heavy atom. The lowest BCUT2D eigenvalue weighted by Crippen LogP contribution is -2.23. The van der Waals surface area contributed by atoms with Crippen molar-refractivity contribution in [1.82, 2.24) is 4.57 Å². The predicted molar refractivity (Wildman–Crippen MR) is 75.0 cm³/mol. The second kappa shape index (κ2) is 5.60.